The molecular formula is C8H3BrClFO3. The van der Waals surface area contributed by atoms with Crippen LogP contribution in [-0.4, -0.2) is 16.3 Å². The molecule has 0 saturated carbocycles. The molecule has 0 heterocycles. The minimum Gasteiger partial charge on any atom is -0.478 e. The van der Waals surface area contributed by atoms with Crippen molar-refractivity contribution in [2.75, 3.05) is 0 Å². The van der Waals surface area contributed by atoms with Gasteiger partial charge in [-0.05, 0) is 23.7 Å². The predicted molar refractivity (Wildman–Crippen MR) is 51.2 cm³/mol. The number of hydrogen-bond acceptors (Lipinski definition) is 2. The molecule has 3 nitrogen and oxygen atoms in total. The summed E-state index contributed by atoms with van der Waals surface area (Å²) in [6.07, 6.45) is 0. The molecular weight excluding hydrogens is 278 g/mol. The standard InChI is InChI=1S/C8H3BrClFO3/c9-3-1-4(7(10)12)6(11)5(2-3)8(13)14/h1-2H,(H,13,14). The van der Waals surface area contributed by atoms with E-state index in [9.17, 15) is 14.0 Å². The normalized spacial score (nSPS) is 9.93. The molecule has 0 atom stereocenters. The first-order chi connectivity index (χ1) is 6.43. The van der Waals surface area contributed by atoms with E-state index in [4.69, 9.17) is 16.7 Å². The van der Waals surface area contributed by atoms with Crippen LogP contribution in [0.5, 0.6) is 0 Å². The van der Waals surface area contributed by atoms with E-state index in [-0.39, 0.29) is 4.47 Å². The van der Waals surface area contributed by atoms with Gasteiger partial charge in [0, 0.05) is 4.47 Å². The molecule has 0 bridgehead atoms. The van der Waals surface area contributed by atoms with Crippen LogP contribution in [0, 0.1) is 5.82 Å². The van der Waals surface area contributed by atoms with Crippen LogP contribution in [0.1, 0.15) is 20.7 Å². The molecule has 0 saturated heterocycles. The summed E-state index contributed by atoms with van der Waals surface area (Å²) < 4.78 is 13.5. The highest BCUT2D eigenvalue weighted by molar-refractivity contribution is 9.10. The third kappa shape index (κ3) is 2.10. The van der Waals surface area contributed by atoms with Gasteiger partial charge >= 0.3 is 5.97 Å². The van der Waals surface area contributed by atoms with Crippen LogP contribution < -0.4 is 0 Å². The zero-order chi connectivity index (χ0) is 10.9. The van der Waals surface area contributed by atoms with Crippen molar-refractivity contribution < 1.29 is 19.1 Å². The summed E-state index contributed by atoms with van der Waals surface area (Å²) in [4.78, 5) is 21.2. The monoisotopic (exact) mass is 280 g/mol. The molecule has 0 unspecified atom stereocenters. The maximum Gasteiger partial charge on any atom is 0.338 e. The number of benzene rings is 1. The van der Waals surface area contributed by atoms with E-state index >= 15 is 0 Å². The Balaban J connectivity index is 3.47. The van der Waals surface area contributed by atoms with E-state index in [1.54, 1.807) is 0 Å². The first-order valence-corrected chi connectivity index (χ1v) is 4.52. The van der Waals surface area contributed by atoms with Gasteiger partial charge in [0.05, 0.1) is 11.1 Å². The van der Waals surface area contributed by atoms with Crippen molar-refractivity contribution in [2.24, 2.45) is 0 Å². The maximum absolute atomic E-state index is 13.2. The molecule has 1 rings (SSSR count). The van der Waals surface area contributed by atoms with Gasteiger partial charge in [-0.1, -0.05) is 15.9 Å². The van der Waals surface area contributed by atoms with Gasteiger partial charge in [0.2, 0.25) is 0 Å². The van der Waals surface area contributed by atoms with Crippen molar-refractivity contribution in [3.63, 3.8) is 0 Å². The van der Waals surface area contributed by atoms with Gasteiger partial charge in [-0.25, -0.2) is 9.18 Å². The highest BCUT2D eigenvalue weighted by Crippen LogP contribution is 2.21. The summed E-state index contributed by atoms with van der Waals surface area (Å²) in [6.45, 7) is 0. The Labute approximate surface area is 91.6 Å². The molecule has 0 aliphatic heterocycles. The molecule has 14 heavy (non-hydrogen) atoms. The number of carbonyl (C=O) groups is 2. The molecule has 0 amide bonds. The van der Waals surface area contributed by atoms with Crippen LogP contribution in [0.2, 0.25) is 0 Å². The first kappa shape index (κ1) is 11.1. The van der Waals surface area contributed by atoms with Gasteiger partial charge < -0.3 is 5.11 Å². The highest BCUT2D eigenvalue weighted by Gasteiger charge is 2.18. The van der Waals surface area contributed by atoms with Crippen molar-refractivity contribution in [1.82, 2.24) is 0 Å². The summed E-state index contributed by atoms with van der Waals surface area (Å²) in [5, 5.41) is 7.55. The smallest absolute Gasteiger partial charge is 0.338 e. The summed E-state index contributed by atoms with van der Waals surface area (Å²) in [6, 6.07) is 2.18. The van der Waals surface area contributed by atoms with Gasteiger partial charge in [-0.2, -0.15) is 0 Å². The molecule has 0 spiro atoms. The van der Waals surface area contributed by atoms with E-state index in [0.29, 0.717) is 0 Å². The fraction of sp³-hybridized carbons (Fsp3) is 0. The Bertz CT molecular complexity index is 384. The number of hydrogen-bond donors (Lipinski definition) is 1. The largest absolute Gasteiger partial charge is 0.478 e. The zero-order valence-electron chi connectivity index (χ0n) is 6.55. The molecule has 1 N–H and O–H groups in total. The number of carboxylic acids is 1. The lowest BCUT2D eigenvalue weighted by Gasteiger charge is -2.02. The van der Waals surface area contributed by atoms with Gasteiger partial charge in [0.1, 0.15) is 5.82 Å². The topological polar surface area (TPSA) is 54.4 Å². The Morgan fingerprint density at radius 2 is 1.86 bits per heavy atom. The number of aromatic carboxylic acids is 1. The molecule has 74 valence electrons. The second-order valence-electron chi connectivity index (χ2n) is 2.39. The molecule has 1 aromatic rings. The van der Waals surface area contributed by atoms with E-state index in [0.717, 1.165) is 12.1 Å². The van der Waals surface area contributed by atoms with E-state index in [1.165, 1.54) is 0 Å². The number of halogens is 3. The van der Waals surface area contributed by atoms with Gasteiger partial charge in [-0.3, -0.25) is 4.79 Å². The lowest BCUT2D eigenvalue weighted by Crippen LogP contribution is -2.05. The van der Waals surface area contributed by atoms with E-state index in [1.807, 2.05) is 0 Å². The van der Waals surface area contributed by atoms with Crippen LogP contribution in [0.25, 0.3) is 0 Å². The van der Waals surface area contributed by atoms with Crippen LogP contribution in [0.4, 0.5) is 4.39 Å². The Kier molecular flexibility index (Phi) is 3.23. The fourth-order valence-electron chi connectivity index (χ4n) is 0.888. The summed E-state index contributed by atoms with van der Waals surface area (Å²) in [5.74, 6) is -2.58. The summed E-state index contributed by atoms with van der Waals surface area (Å²) in [7, 11) is 0. The maximum atomic E-state index is 13.2. The Hall–Kier alpha value is -0.940. The SMILES string of the molecule is O=C(O)c1cc(Br)cc(C(=O)Cl)c1F. The van der Waals surface area contributed by atoms with Crippen molar-refractivity contribution in [2.45, 2.75) is 0 Å². The first-order valence-electron chi connectivity index (χ1n) is 3.35. The molecule has 0 aliphatic rings. The Morgan fingerprint density at radius 3 is 2.29 bits per heavy atom. The molecule has 0 radical (unpaired) electrons. The van der Waals surface area contributed by atoms with Crippen LogP contribution in [0.15, 0.2) is 16.6 Å². The second kappa shape index (κ2) is 4.06. The third-order valence-corrected chi connectivity index (χ3v) is 2.14. The highest BCUT2D eigenvalue weighted by atomic mass is 79.9. The van der Waals surface area contributed by atoms with Crippen LogP contribution in [0.3, 0.4) is 0 Å². The molecule has 0 aromatic heterocycles. The summed E-state index contributed by atoms with van der Waals surface area (Å²) >= 11 is 8.01. The minimum absolute atomic E-state index is 0.278. The fourth-order valence-corrected chi connectivity index (χ4v) is 1.48. The van der Waals surface area contributed by atoms with Gasteiger partial charge in [0.15, 0.2) is 0 Å². The van der Waals surface area contributed by atoms with Gasteiger partial charge in [0.25, 0.3) is 5.24 Å². The second-order valence-corrected chi connectivity index (χ2v) is 3.65. The molecule has 6 heteroatoms. The van der Waals surface area contributed by atoms with Crippen molar-refractivity contribution in [1.29, 1.82) is 0 Å². The molecule has 0 fully saturated rings. The molecule has 0 aliphatic carbocycles. The Morgan fingerprint density at radius 1 is 1.36 bits per heavy atom. The lowest BCUT2D eigenvalue weighted by molar-refractivity contribution is 0.0691. The molecule has 1 aromatic carbocycles. The number of carboxylic acid groups (broad SMARTS) is 1. The van der Waals surface area contributed by atoms with Crippen molar-refractivity contribution in [3.05, 3.63) is 33.5 Å². The van der Waals surface area contributed by atoms with Crippen molar-refractivity contribution in [3.8, 4) is 0 Å². The quantitative estimate of drug-likeness (QED) is 0.848. The minimum atomic E-state index is -1.46. The lowest BCUT2D eigenvalue weighted by atomic mass is 10.1. The average Bonchev–Trinajstić information content (AvgIpc) is 2.07. The summed E-state index contributed by atoms with van der Waals surface area (Å²) in [5.41, 5.74) is -1.05. The number of carbonyl (C=O) groups excluding carboxylic acids is 1. The van der Waals surface area contributed by atoms with Crippen LogP contribution in [-0.2, 0) is 0 Å². The van der Waals surface area contributed by atoms with Gasteiger partial charge in [-0.15, -0.1) is 0 Å². The zero-order valence-corrected chi connectivity index (χ0v) is 8.89. The van der Waals surface area contributed by atoms with Crippen LogP contribution >= 0.6 is 27.5 Å². The third-order valence-electron chi connectivity index (χ3n) is 1.48. The van der Waals surface area contributed by atoms with E-state index < -0.39 is 28.2 Å². The number of rotatable bonds is 2. The van der Waals surface area contributed by atoms with E-state index in [2.05, 4.69) is 15.9 Å². The van der Waals surface area contributed by atoms with Crippen molar-refractivity contribution >= 4 is 38.7 Å². The average molecular weight is 281 g/mol. The predicted octanol–water partition coefficient (Wildman–Crippen LogP) is 2.67.